The predicted octanol–water partition coefficient (Wildman–Crippen LogP) is 0.132. The minimum absolute atomic E-state index is 0.114. The fraction of sp³-hybridized carbons (Fsp3) is 0.833. The van der Waals surface area contributed by atoms with Crippen molar-refractivity contribution in [3.8, 4) is 0 Å². The van der Waals surface area contributed by atoms with Gasteiger partial charge in [-0.3, -0.25) is 9.59 Å². The quantitative estimate of drug-likeness (QED) is 0.691. The highest BCUT2D eigenvalue weighted by molar-refractivity contribution is 6.35. The lowest BCUT2D eigenvalue weighted by Gasteiger charge is -2.29. The lowest BCUT2D eigenvalue weighted by atomic mass is 9.86. The van der Waals surface area contributed by atoms with E-state index in [1.807, 2.05) is 0 Å². The smallest absolute Gasteiger partial charge is 0.311 e. The van der Waals surface area contributed by atoms with Crippen LogP contribution in [-0.2, 0) is 9.59 Å². The fourth-order valence-electron chi connectivity index (χ4n) is 2.19. The maximum Gasteiger partial charge on any atom is 0.311 e. The van der Waals surface area contributed by atoms with Crippen LogP contribution in [0.1, 0.15) is 32.6 Å². The van der Waals surface area contributed by atoms with Crippen LogP contribution in [0.3, 0.4) is 0 Å². The van der Waals surface area contributed by atoms with Crippen LogP contribution < -0.4 is 5.32 Å². The molecule has 0 bridgehead atoms. The molecule has 1 fully saturated rings. The minimum Gasteiger partial charge on any atom is -0.395 e. The van der Waals surface area contributed by atoms with E-state index in [0.29, 0.717) is 5.92 Å². The van der Waals surface area contributed by atoms with E-state index in [1.165, 1.54) is 18.4 Å². The average Bonchev–Trinajstić information content (AvgIpc) is 2.31. The van der Waals surface area contributed by atoms with Crippen LogP contribution in [0.25, 0.3) is 0 Å². The molecule has 17 heavy (non-hydrogen) atoms. The van der Waals surface area contributed by atoms with E-state index in [1.54, 1.807) is 0 Å². The first kappa shape index (κ1) is 14.0. The summed E-state index contributed by atoms with van der Waals surface area (Å²) >= 11 is 0. The zero-order chi connectivity index (χ0) is 12.8. The van der Waals surface area contributed by atoms with E-state index >= 15 is 0 Å². The van der Waals surface area contributed by atoms with Gasteiger partial charge in [0.25, 0.3) is 0 Å². The minimum atomic E-state index is -0.572. The van der Waals surface area contributed by atoms with Gasteiger partial charge >= 0.3 is 11.8 Å². The van der Waals surface area contributed by atoms with Crippen molar-refractivity contribution in [1.82, 2.24) is 10.2 Å². The highest BCUT2D eigenvalue weighted by Gasteiger charge is 2.26. The zero-order valence-electron chi connectivity index (χ0n) is 10.6. The van der Waals surface area contributed by atoms with Crippen molar-refractivity contribution in [3.63, 3.8) is 0 Å². The van der Waals surface area contributed by atoms with Gasteiger partial charge < -0.3 is 15.3 Å². The number of carbonyl (C=O) groups excluding carboxylic acids is 2. The Bertz CT molecular complexity index is 281. The molecule has 5 heteroatoms. The number of rotatable bonds is 3. The maximum absolute atomic E-state index is 11.7. The molecule has 0 aliphatic heterocycles. The van der Waals surface area contributed by atoms with Crippen LogP contribution in [0.4, 0.5) is 0 Å². The van der Waals surface area contributed by atoms with Gasteiger partial charge in [-0.15, -0.1) is 0 Å². The molecule has 98 valence electrons. The summed E-state index contributed by atoms with van der Waals surface area (Å²) in [5.74, 6) is -0.694. The van der Waals surface area contributed by atoms with Crippen molar-refractivity contribution < 1.29 is 14.7 Å². The summed E-state index contributed by atoms with van der Waals surface area (Å²) in [4.78, 5) is 24.5. The first-order valence-corrected chi connectivity index (χ1v) is 6.23. The molecule has 0 aromatic heterocycles. The normalized spacial score (nSPS) is 24.2. The van der Waals surface area contributed by atoms with Crippen molar-refractivity contribution in [3.05, 3.63) is 0 Å². The van der Waals surface area contributed by atoms with E-state index in [0.717, 1.165) is 19.3 Å². The molecule has 0 aromatic rings. The van der Waals surface area contributed by atoms with Gasteiger partial charge in [-0.25, -0.2) is 0 Å². The molecule has 2 unspecified atom stereocenters. The molecule has 1 aliphatic rings. The fourth-order valence-corrected chi connectivity index (χ4v) is 2.19. The lowest BCUT2D eigenvalue weighted by Crippen LogP contribution is -2.48. The Hall–Kier alpha value is -1.10. The molecule has 2 amide bonds. The summed E-state index contributed by atoms with van der Waals surface area (Å²) in [6.45, 7) is 2.16. The molecule has 1 rings (SSSR count). The summed E-state index contributed by atoms with van der Waals surface area (Å²) in [5, 5.41) is 11.5. The third kappa shape index (κ3) is 4.00. The Kier molecular flexibility index (Phi) is 5.41. The molecule has 1 saturated carbocycles. The maximum atomic E-state index is 11.7. The van der Waals surface area contributed by atoms with Gasteiger partial charge in [0.15, 0.2) is 0 Å². The molecule has 0 spiro atoms. The van der Waals surface area contributed by atoms with Crippen LogP contribution in [0.2, 0.25) is 0 Å². The number of aliphatic hydroxyl groups is 1. The topological polar surface area (TPSA) is 69.6 Å². The van der Waals surface area contributed by atoms with Crippen molar-refractivity contribution in [2.24, 2.45) is 5.92 Å². The second-order valence-electron chi connectivity index (χ2n) is 4.79. The number of likely N-dealkylation sites (N-methyl/N-ethyl adjacent to an activating group) is 1. The van der Waals surface area contributed by atoms with Gasteiger partial charge in [-0.1, -0.05) is 19.8 Å². The number of amides is 2. The predicted molar refractivity (Wildman–Crippen MR) is 64.3 cm³/mol. The van der Waals surface area contributed by atoms with Crippen LogP contribution >= 0.6 is 0 Å². The second kappa shape index (κ2) is 6.59. The van der Waals surface area contributed by atoms with E-state index in [9.17, 15) is 9.59 Å². The summed E-state index contributed by atoms with van der Waals surface area (Å²) in [7, 11) is 1.52. The van der Waals surface area contributed by atoms with Crippen molar-refractivity contribution in [1.29, 1.82) is 0 Å². The van der Waals surface area contributed by atoms with Gasteiger partial charge in [-0.05, 0) is 18.8 Å². The lowest BCUT2D eigenvalue weighted by molar-refractivity contribution is -0.145. The molecule has 0 aromatic carbocycles. The Morgan fingerprint density at radius 3 is 2.59 bits per heavy atom. The Morgan fingerprint density at radius 1 is 1.35 bits per heavy atom. The first-order valence-electron chi connectivity index (χ1n) is 6.23. The summed E-state index contributed by atoms with van der Waals surface area (Å²) in [6, 6.07) is 0.114. The number of hydrogen-bond acceptors (Lipinski definition) is 3. The van der Waals surface area contributed by atoms with Gasteiger partial charge in [-0.2, -0.15) is 0 Å². The van der Waals surface area contributed by atoms with Crippen LogP contribution in [0, 0.1) is 5.92 Å². The Labute approximate surface area is 102 Å². The molecule has 5 nitrogen and oxygen atoms in total. The van der Waals surface area contributed by atoms with Gasteiger partial charge in [0.05, 0.1) is 6.61 Å². The summed E-state index contributed by atoms with van der Waals surface area (Å²) < 4.78 is 0. The van der Waals surface area contributed by atoms with Crippen LogP contribution in [0.5, 0.6) is 0 Å². The molecule has 1 aliphatic carbocycles. The number of nitrogens with one attached hydrogen (secondary N) is 1. The number of carbonyl (C=O) groups is 2. The first-order chi connectivity index (χ1) is 8.06. The molecular formula is C12H22N2O3. The van der Waals surface area contributed by atoms with E-state index < -0.39 is 11.8 Å². The Balaban J connectivity index is 2.44. The number of hydrogen-bond donors (Lipinski definition) is 2. The SMILES string of the molecule is CC1CCCCC1NC(=O)C(=O)N(C)CCO. The van der Waals surface area contributed by atoms with E-state index in [-0.39, 0.29) is 19.2 Å². The standard InChI is InChI=1S/C12H22N2O3/c1-9-5-3-4-6-10(9)13-11(16)12(17)14(2)7-8-15/h9-10,15H,3-8H2,1-2H3,(H,13,16). The van der Waals surface area contributed by atoms with Gasteiger partial charge in [0.1, 0.15) is 0 Å². The van der Waals surface area contributed by atoms with Crippen LogP contribution in [-0.4, -0.2) is 48.1 Å². The molecule has 2 atom stereocenters. The monoisotopic (exact) mass is 242 g/mol. The largest absolute Gasteiger partial charge is 0.395 e. The average molecular weight is 242 g/mol. The van der Waals surface area contributed by atoms with Crippen molar-refractivity contribution in [2.75, 3.05) is 20.2 Å². The number of nitrogens with zero attached hydrogens (tertiary/aromatic N) is 1. The van der Waals surface area contributed by atoms with Crippen molar-refractivity contribution in [2.45, 2.75) is 38.6 Å². The van der Waals surface area contributed by atoms with Crippen LogP contribution in [0.15, 0.2) is 0 Å². The zero-order valence-corrected chi connectivity index (χ0v) is 10.6. The summed E-state index contributed by atoms with van der Waals surface area (Å²) in [6.07, 6.45) is 4.36. The van der Waals surface area contributed by atoms with Crippen molar-refractivity contribution >= 4 is 11.8 Å². The van der Waals surface area contributed by atoms with Gasteiger partial charge in [0.2, 0.25) is 0 Å². The highest BCUT2D eigenvalue weighted by Crippen LogP contribution is 2.23. The molecular weight excluding hydrogens is 220 g/mol. The third-order valence-corrected chi connectivity index (χ3v) is 3.40. The molecule has 2 N–H and O–H groups in total. The second-order valence-corrected chi connectivity index (χ2v) is 4.79. The van der Waals surface area contributed by atoms with E-state index in [4.69, 9.17) is 5.11 Å². The summed E-state index contributed by atoms with van der Waals surface area (Å²) in [5.41, 5.74) is 0. The molecule has 0 saturated heterocycles. The third-order valence-electron chi connectivity index (χ3n) is 3.40. The van der Waals surface area contributed by atoms with Gasteiger partial charge in [0, 0.05) is 19.6 Å². The molecule has 0 radical (unpaired) electrons. The van der Waals surface area contributed by atoms with E-state index in [2.05, 4.69) is 12.2 Å². The number of aliphatic hydroxyl groups excluding tert-OH is 1. The highest BCUT2D eigenvalue weighted by atomic mass is 16.3. The molecule has 0 heterocycles. The Morgan fingerprint density at radius 2 is 2.00 bits per heavy atom.